The number of benzene rings is 1. The lowest BCUT2D eigenvalue weighted by atomic mass is 10.1. The van der Waals surface area contributed by atoms with Gasteiger partial charge in [-0.15, -0.1) is 10.2 Å². The second-order valence-corrected chi connectivity index (χ2v) is 6.62. The van der Waals surface area contributed by atoms with Crippen LogP contribution >= 0.6 is 0 Å². The zero-order chi connectivity index (χ0) is 19.1. The van der Waals surface area contributed by atoms with E-state index in [1.165, 1.54) is 0 Å². The Hall–Kier alpha value is -2.58. The lowest BCUT2D eigenvalue weighted by Crippen LogP contribution is -2.41. The summed E-state index contributed by atoms with van der Waals surface area (Å²) in [5.41, 5.74) is 1.90. The van der Waals surface area contributed by atoms with Crippen LogP contribution in [0.15, 0.2) is 29.1 Å². The number of nitrogens with one attached hydrogen (secondary N) is 2. The fourth-order valence-corrected chi connectivity index (χ4v) is 2.86. The maximum Gasteiger partial charge on any atom is 0.273 e. The molecule has 0 spiro atoms. The quantitative estimate of drug-likeness (QED) is 0.736. The fourth-order valence-electron chi connectivity index (χ4n) is 2.86. The Morgan fingerprint density at radius 3 is 2.67 bits per heavy atom. The van der Waals surface area contributed by atoms with Crippen LogP contribution in [0, 0.1) is 6.92 Å². The van der Waals surface area contributed by atoms with Crippen LogP contribution in [0.4, 0.5) is 0 Å². The molecule has 144 valence electrons. The van der Waals surface area contributed by atoms with E-state index < -0.39 is 0 Å². The number of ether oxygens (including phenoxy) is 1. The monoisotopic (exact) mass is 371 g/mol. The Labute approximate surface area is 158 Å². The Balaban J connectivity index is 1.46. The van der Waals surface area contributed by atoms with E-state index in [4.69, 9.17) is 4.74 Å². The largest absolute Gasteiger partial charge is 0.379 e. The van der Waals surface area contributed by atoms with Crippen molar-refractivity contribution in [2.75, 3.05) is 39.4 Å². The number of H-pyrrole nitrogens is 1. The Bertz CT molecular complexity index is 813. The number of amides is 1. The number of morpholine rings is 1. The lowest BCUT2D eigenvalue weighted by molar-refractivity contribution is -0.121. The zero-order valence-electron chi connectivity index (χ0n) is 15.5. The molecule has 8 nitrogen and oxygen atoms in total. The third kappa shape index (κ3) is 5.70. The van der Waals surface area contributed by atoms with Crippen LogP contribution in [-0.4, -0.2) is 65.4 Å². The van der Waals surface area contributed by atoms with E-state index in [0.717, 1.165) is 44.0 Å². The topological polar surface area (TPSA) is 100 Å². The summed E-state index contributed by atoms with van der Waals surface area (Å²) >= 11 is 0. The lowest BCUT2D eigenvalue weighted by Gasteiger charge is -2.26. The van der Waals surface area contributed by atoms with Crippen molar-refractivity contribution in [1.29, 1.82) is 0 Å². The predicted octanol–water partition coefficient (Wildman–Crippen LogP) is 0.521. The minimum absolute atomic E-state index is 0.0907. The van der Waals surface area contributed by atoms with Crippen molar-refractivity contribution in [3.05, 3.63) is 45.9 Å². The van der Waals surface area contributed by atoms with Crippen molar-refractivity contribution in [2.45, 2.75) is 19.8 Å². The number of aryl methyl sites for hydroxylation is 2. The molecule has 8 heteroatoms. The van der Waals surface area contributed by atoms with Gasteiger partial charge in [-0.25, -0.2) is 0 Å². The Morgan fingerprint density at radius 1 is 1.22 bits per heavy atom. The van der Waals surface area contributed by atoms with Crippen LogP contribution in [-0.2, 0) is 16.0 Å². The second kappa shape index (κ2) is 9.38. The molecule has 1 aliphatic rings. The molecule has 2 N–H and O–H groups in total. The molecule has 0 aliphatic carbocycles. The van der Waals surface area contributed by atoms with Gasteiger partial charge in [-0.3, -0.25) is 14.5 Å². The molecule has 0 unspecified atom stereocenters. The average molecular weight is 371 g/mol. The van der Waals surface area contributed by atoms with E-state index >= 15 is 0 Å². The molecule has 1 aromatic carbocycles. The van der Waals surface area contributed by atoms with Gasteiger partial charge in [0.05, 0.1) is 13.2 Å². The number of hydrogen-bond acceptors (Lipinski definition) is 6. The molecule has 3 rings (SSSR count). The first-order chi connectivity index (χ1) is 13.1. The Morgan fingerprint density at radius 2 is 1.96 bits per heavy atom. The van der Waals surface area contributed by atoms with Crippen molar-refractivity contribution < 1.29 is 9.53 Å². The molecule has 2 heterocycles. The third-order valence-electron chi connectivity index (χ3n) is 4.53. The SMILES string of the molecule is Cc1ccc(-c2nnc(CCC(=O)NCCN3CCOCC3)c(=O)[nH]2)cc1. The van der Waals surface area contributed by atoms with E-state index in [9.17, 15) is 9.59 Å². The van der Waals surface area contributed by atoms with Gasteiger partial charge >= 0.3 is 0 Å². The van der Waals surface area contributed by atoms with E-state index in [0.29, 0.717) is 12.4 Å². The van der Waals surface area contributed by atoms with Gasteiger partial charge in [0.25, 0.3) is 5.56 Å². The van der Waals surface area contributed by atoms with Gasteiger partial charge in [-0.05, 0) is 6.92 Å². The molecule has 1 saturated heterocycles. The summed E-state index contributed by atoms with van der Waals surface area (Å²) in [7, 11) is 0. The standard InChI is InChI=1S/C19H25N5O3/c1-14-2-4-15(5-3-14)18-21-19(26)16(22-23-18)6-7-17(25)20-8-9-24-10-12-27-13-11-24/h2-5H,6-13H2,1H3,(H,20,25)(H,21,23,26). The van der Waals surface area contributed by atoms with E-state index in [-0.39, 0.29) is 30.0 Å². The minimum atomic E-state index is -0.304. The highest BCUT2D eigenvalue weighted by Gasteiger charge is 2.12. The first-order valence-electron chi connectivity index (χ1n) is 9.21. The summed E-state index contributed by atoms with van der Waals surface area (Å²) in [6.07, 6.45) is 0.477. The first-order valence-corrected chi connectivity index (χ1v) is 9.21. The number of hydrogen-bond donors (Lipinski definition) is 2. The highest BCUT2D eigenvalue weighted by atomic mass is 16.5. The second-order valence-electron chi connectivity index (χ2n) is 6.62. The van der Waals surface area contributed by atoms with Gasteiger partial charge in [0.15, 0.2) is 5.82 Å². The van der Waals surface area contributed by atoms with Crippen molar-refractivity contribution in [2.24, 2.45) is 0 Å². The van der Waals surface area contributed by atoms with Gasteiger partial charge in [-0.2, -0.15) is 0 Å². The zero-order valence-corrected chi connectivity index (χ0v) is 15.5. The summed E-state index contributed by atoms with van der Waals surface area (Å²) in [6, 6.07) is 7.67. The molecule has 1 aromatic heterocycles. The van der Waals surface area contributed by atoms with E-state index in [1.807, 2.05) is 31.2 Å². The smallest absolute Gasteiger partial charge is 0.273 e. The molecule has 0 radical (unpaired) electrons. The molecule has 0 saturated carbocycles. The normalized spacial score (nSPS) is 14.9. The van der Waals surface area contributed by atoms with Crippen molar-refractivity contribution in [3.8, 4) is 11.4 Å². The summed E-state index contributed by atoms with van der Waals surface area (Å²) in [5, 5.41) is 11.0. The molecule has 27 heavy (non-hydrogen) atoms. The van der Waals surface area contributed by atoms with Crippen LogP contribution < -0.4 is 10.9 Å². The maximum atomic E-state index is 12.2. The number of carbonyl (C=O) groups excluding carboxylic acids is 1. The molecule has 2 aromatic rings. The minimum Gasteiger partial charge on any atom is -0.379 e. The third-order valence-corrected chi connectivity index (χ3v) is 4.53. The average Bonchev–Trinajstić information content (AvgIpc) is 2.68. The molecule has 1 aliphatic heterocycles. The molecule has 1 fully saturated rings. The molecular formula is C19H25N5O3. The first kappa shape index (κ1) is 19.2. The van der Waals surface area contributed by atoms with Crippen molar-refractivity contribution >= 4 is 5.91 Å². The number of carbonyl (C=O) groups is 1. The summed E-state index contributed by atoms with van der Waals surface area (Å²) in [4.78, 5) is 29.2. The van der Waals surface area contributed by atoms with Gasteiger partial charge < -0.3 is 15.0 Å². The van der Waals surface area contributed by atoms with Gasteiger partial charge in [-0.1, -0.05) is 29.8 Å². The van der Waals surface area contributed by atoms with Gasteiger partial charge in [0, 0.05) is 44.6 Å². The summed E-state index contributed by atoms with van der Waals surface area (Å²) in [6.45, 7) is 6.67. The Kier molecular flexibility index (Phi) is 6.67. The van der Waals surface area contributed by atoms with Crippen LogP contribution in [0.2, 0.25) is 0 Å². The van der Waals surface area contributed by atoms with E-state index in [2.05, 4.69) is 25.4 Å². The molecular weight excluding hydrogens is 346 g/mol. The van der Waals surface area contributed by atoms with E-state index in [1.54, 1.807) is 0 Å². The number of aromatic amines is 1. The number of rotatable bonds is 7. The van der Waals surface area contributed by atoms with Gasteiger partial charge in [0.1, 0.15) is 5.69 Å². The highest BCUT2D eigenvalue weighted by Crippen LogP contribution is 2.13. The van der Waals surface area contributed by atoms with Crippen molar-refractivity contribution in [1.82, 2.24) is 25.4 Å². The summed E-state index contributed by atoms with van der Waals surface area (Å²) in [5.74, 6) is 0.339. The van der Waals surface area contributed by atoms with Crippen LogP contribution in [0.1, 0.15) is 17.7 Å². The van der Waals surface area contributed by atoms with Crippen LogP contribution in [0.5, 0.6) is 0 Å². The maximum absolute atomic E-state index is 12.2. The molecule has 0 atom stereocenters. The van der Waals surface area contributed by atoms with Gasteiger partial charge in [0.2, 0.25) is 5.91 Å². The fraction of sp³-hybridized carbons (Fsp3) is 0.474. The molecule has 0 bridgehead atoms. The van der Waals surface area contributed by atoms with Crippen LogP contribution in [0.25, 0.3) is 11.4 Å². The van der Waals surface area contributed by atoms with Crippen molar-refractivity contribution in [3.63, 3.8) is 0 Å². The predicted molar refractivity (Wildman–Crippen MR) is 101 cm³/mol. The number of nitrogens with zero attached hydrogens (tertiary/aromatic N) is 3. The number of aromatic nitrogens is 3. The summed E-state index contributed by atoms with van der Waals surface area (Å²) < 4.78 is 5.29. The van der Waals surface area contributed by atoms with Crippen LogP contribution in [0.3, 0.4) is 0 Å². The highest BCUT2D eigenvalue weighted by molar-refractivity contribution is 5.76. The molecule has 1 amide bonds.